The maximum Gasteiger partial charge on any atom is 0.306 e. The molecular formula is C59H108O12S. The number of allylic oxidation sites excluding steroid dienone is 6. The lowest BCUT2D eigenvalue weighted by Gasteiger charge is -2.40. The van der Waals surface area contributed by atoms with Crippen LogP contribution in [0.4, 0.5) is 0 Å². The lowest BCUT2D eigenvalue weighted by molar-refractivity contribution is -0.297. The van der Waals surface area contributed by atoms with Gasteiger partial charge in [-0.05, 0) is 70.6 Å². The molecule has 2 unspecified atom stereocenters. The topological polar surface area (TPSA) is 186 Å². The summed E-state index contributed by atoms with van der Waals surface area (Å²) >= 11 is 0. The summed E-state index contributed by atoms with van der Waals surface area (Å²) in [5.41, 5.74) is 0. The van der Waals surface area contributed by atoms with E-state index in [0.717, 1.165) is 38.5 Å². The van der Waals surface area contributed by atoms with E-state index in [1.54, 1.807) is 0 Å². The molecule has 0 aliphatic carbocycles. The van der Waals surface area contributed by atoms with E-state index < -0.39 is 71.2 Å². The molecule has 1 saturated heterocycles. The lowest BCUT2D eigenvalue weighted by Crippen LogP contribution is -2.60. The van der Waals surface area contributed by atoms with E-state index in [9.17, 15) is 37.9 Å². The van der Waals surface area contributed by atoms with Crippen LogP contribution >= 0.6 is 0 Å². The minimum atomic E-state index is -4.61. The minimum absolute atomic E-state index is 0.106. The summed E-state index contributed by atoms with van der Waals surface area (Å²) < 4.78 is 54.4. The Morgan fingerprint density at radius 3 is 1.24 bits per heavy atom. The highest BCUT2D eigenvalue weighted by molar-refractivity contribution is 7.85. The molecule has 4 N–H and O–H groups in total. The average molecular weight is 1040 g/mol. The Balaban J connectivity index is 2.32. The molecule has 0 aromatic heterocycles. The van der Waals surface area contributed by atoms with Crippen LogP contribution in [-0.2, 0) is 38.7 Å². The van der Waals surface area contributed by atoms with Gasteiger partial charge in [0.2, 0.25) is 0 Å². The van der Waals surface area contributed by atoms with Crippen molar-refractivity contribution in [2.24, 2.45) is 0 Å². The summed E-state index contributed by atoms with van der Waals surface area (Å²) in [5, 5.41) is 31.1. The zero-order valence-corrected chi connectivity index (χ0v) is 46.6. The van der Waals surface area contributed by atoms with Crippen LogP contribution < -0.4 is 0 Å². The average Bonchev–Trinajstić information content (AvgIpc) is 3.35. The molecule has 12 nitrogen and oxygen atoms in total. The smallest absolute Gasteiger partial charge is 0.306 e. The van der Waals surface area contributed by atoms with E-state index in [0.29, 0.717) is 19.3 Å². The number of esters is 2. The second kappa shape index (κ2) is 48.5. The zero-order chi connectivity index (χ0) is 52.6. The van der Waals surface area contributed by atoms with E-state index in [4.69, 9.17) is 18.9 Å². The molecule has 422 valence electrons. The summed E-state index contributed by atoms with van der Waals surface area (Å²) in [6.45, 7) is 3.78. The fourth-order valence-corrected chi connectivity index (χ4v) is 9.80. The van der Waals surface area contributed by atoms with Gasteiger partial charge in [-0.3, -0.25) is 14.1 Å². The highest BCUT2D eigenvalue weighted by Crippen LogP contribution is 2.24. The number of carbonyl (C=O) groups excluding carboxylic acids is 2. The maximum atomic E-state index is 12.9. The third kappa shape index (κ3) is 42.1. The van der Waals surface area contributed by atoms with Crippen LogP contribution in [0.15, 0.2) is 36.5 Å². The highest BCUT2D eigenvalue weighted by Gasteiger charge is 2.46. The first-order valence-electron chi connectivity index (χ1n) is 29.5. The van der Waals surface area contributed by atoms with Gasteiger partial charge in [-0.1, -0.05) is 224 Å². The third-order valence-electron chi connectivity index (χ3n) is 13.7. The van der Waals surface area contributed by atoms with Gasteiger partial charge in [-0.25, -0.2) is 0 Å². The van der Waals surface area contributed by atoms with Crippen LogP contribution in [-0.4, -0.2) is 96.0 Å². The molecule has 0 aromatic rings. The summed E-state index contributed by atoms with van der Waals surface area (Å²) in [6.07, 6.45) is 50.6. The first-order chi connectivity index (χ1) is 35.0. The number of carbonyl (C=O) groups is 2. The zero-order valence-electron chi connectivity index (χ0n) is 45.8. The molecule has 1 fully saturated rings. The fraction of sp³-hybridized carbons (Fsp3) is 0.864. The normalized spacial score (nSPS) is 19.0. The Labute approximate surface area is 440 Å². The van der Waals surface area contributed by atoms with Gasteiger partial charge in [0.1, 0.15) is 36.8 Å². The molecule has 0 bridgehead atoms. The van der Waals surface area contributed by atoms with E-state index in [-0.39, 0.29) is 19.4 Å². The molecule has 0 spiro atoms. The van der Waals surface area contributed by atoms with Crippen LogP contribution in [0.5, 0.6) is 0 Å². The van der Waals surface area contributed by atoms with Gasteiger partial charge in [-0.15, -0.1) is 0 Å². The number of unbranched alkanes of at least 4 members (excludes halogenated alkanes) is 33. The van der Waals surface area contributed by atoms with Crippen molar-refractivity contribution < 1.29 is 56.8 Å². The monoisotopic (exact) mass is 1040 g/mol. The van der Waals surface area contributed by atoms with Gasteiger partial charge in [-0.2, -0.15) is 8.42 Å². The summed E-state index contributed by atoms with van der Waals surface area (Å²) in [5.74, 6) is -2.03. The molecule has 1 aliphatic heterocycles. The summed E-state index contributed by atoms with van der Waals surface area (Å²) in [7, 11) is -4.61. The number of ether oxygens (including phenoxy) is 4. The molecule has 0 radical (unpaired) electrons. The molecule has 0 aromatic carbocycles. The van der Waals surface area contributed by atoms with Crippen molar-refractivity contribution in [3.8, 4) is 0 Å². The van der Waals surface area contributed by atoms with Crippen LogP contribution in [0.2, 0.25) is 0 Å². The standard InChI is InChI=1S/C59H108O12S/c1-3-5-7-9-11-13-15-17-19-21-23-25-26-28-30-32-34-36-38-40-42-44-46-48-55(61)70-52(50-69-59-58(64)57(63)56(62)53(71-59)51-72(65,66)67)49-68-54(60)47-45-43-41-39-37-35-33-31-29-27-24-22-20-18-16-14-12-10-8-6-4-2/h18,20,32,34,40,42,52-53,56-59,62-64H,3-17,19,21-31,33,35-39,41,43-51H2,1-2H3,(H,65,66,67)/b20-18+,34-32+,42-40+/t52-,53-,56-,57?,58?,59+/m1/s1. The molecule has 0 amide bonds. The van der Waals surface area contributed by atoms with Crippen LogP contribution in [0.25, 0.3) is 0 Å². The van der Waals surface area contributed by atoms with Crippen molar-refractivity contribution in [1.82, 2.24) is 0 Å². The number of hydrogen-bond donors (Lipinski definition) is 4. The third-order valence-corrected chi connectivity index (χ3v) is 14.4. The Bertz CT molecular complexity index is 1450. The molecule has 0 saturated carbocycles. The van der Waals surface area contributed by atoms with E-state index in [1.165, 1.54) is 186 Å². The second-order valence-corrected chi connectivity index (χ2v) is 22.1. The van der Waals surface area contributed by atoms with Gasteiger partial charge in [0, 0.05) is 12.8 Å². The molecule has 6 atom stereocenters. The Kier molecular flexibility index (Phi) is 45.7. The number of aliphatic hydroxyl groups is 3. The maximum absolute atomic E-state index is 12.9. The van der Waals surface area contributed by atoms with Crippen molar-refractivity contribution in [3.05, 3.63) is 36.5 Å². The molecule has 1 heterocycles. The lowest BCUT2D eigenvalue weighted by atomic mass is 10.00. The predicted molar refractivity (Wildman–Crippen MR) is 293 cm³/mol. The van der Waals surface area contributed by atoms with Gasteiger partial charge in [0.05, 0.1) is 6.61 Å². The number of rotatable bonds is 51. The number of hydrogen-bond acceptors (Lipinski definition) is 11. The largest absolute Gasteiger partial charge is 0.462 e. The van der Waals surface area contributed by atoms with E-state index in [1.807, 2.05) is 0 Å². The van der Waals surface area contributed by atoms with Gasteiger partial charge in [0.25, 0.3) is 10.1 Å². The molecule has 13 heteroatoms. The molecule has 72 heavy (non-hydrogen) atoms. The van der Waals surface area contributed by atoms with E-state index >= 15 is 0 Å². The molecule has 1 aliphatic rings. The van der Waals surface area contributed by atoms with Crippen molar-refractivity contribution >= 4 is 22.1 Å². The number of aliphatic hydroxyl groups excluding tert-OH is 3. The quantitative estimate of drug-likeness (QED) is 0.0196. The molecular weight excluding hydrogens is 933 g/mol. The SMILES string of the molecule is CCCCCCCC/C=C/CCCCCCCCCCCCCC(=O)OC[C@H](CO[C@H]1O[C@H](CS(=O)(=O)O)[C@@H](O)C(O)C1O)OC(=O)CCC/C=C/CC/C=C/CCCCCCCCCCCCCCCC. The first-order valence-corrected chi connectivity index (χ1v) is 31.2. The van der Waals surface area contributed by atoms with E-state index in [2.05, 4.69) is 50.3 Å². The van der Waals surface area contributed by atoms with Gasteiger partial charge >= 0.3 is 11.9 Å². The Hall–Kier alpha value is -2.13. The van der Waals surface area contributed by atoms with Crippen molar-refractivity contribution in [2.45, 2.75) is 307 Å². The Morgan fingerprint density at radius 1 is 0.458 bits per heavy atom. The first kappa shape index (κ1) is 67.9. The second-order valence-electron chi connectivity index (χ2n) is 20.6. The highest BCUT2D eigenvalue weighted by atomic mass is 32.2. The van der Waals surface area contributed by atoms with Crippen LogP contribution in [0.3, 0.4) is 0 Å². The summed E-state index contributed by atoms with van der Waals surface area (Å²) in [4.78, 5) is 25.6. The Morgan fingerprint density at radius 2 is 0.819 bits per heavy atom. The van der Waals surface area contributed by atoms with Gasteiger partial charge in [0.15, 0.2) is 12.4 Å². The minimum Gasteiger partial charge on any atom is -0.462 e. The predicted octanol–water partition coefficient (Wildman–Crippen LogP) is 14.5. The molecule has 1 rings (SSSR count). The fourth-order valence-electron chi connectivity index (χ4n) is 9.11. The van der Waals surface area contributed by atoms with Crippen molar-refractivity contribution in [2.75, 3.05) is 19.0 Å². The van der Waals surface area contributed by atoms with Crippen molar-refractivity contribution in [3.63, 3.8) is 0 Å². The van der Waals surface area contributed by atoms with Crippen LogP contribution in [0.1, 0.15) is 271 Å². The van der Waals surface area contributed by atoms with Gasteiger partial charge < -0.3 is 34.3 Å². The van der Waals surface area contributed by atoms with Crippen LogP contribution in [0, 0.1) is 0 Å². The summed E-state index contributed by atoms with van der Waals surface area (Å²) in [6, 6.07) is 0. The van der Waals surface area contributed by atoms with Crippen molar-refractivity contribution in [1.29, 1.82) is 0 Å².